The van der Waals surface area contributed by atoms with Gasteiger partial charge in [-0.25, -0.2) is 24.5 Å². The Balaban J connectivity index is 1.11. The molecule has 60 heavy (non-hydrogen) atoms. The van der Waals surface area contributed by atoms with E-state index in [1.165, 1.54) is 6.33 Å². The molecule has 2 fully saturated rings. The first-order chi connectivity index (χ1) is 29.1. The molecule has 19 nitrogen and oxygen atoms in total. The molecule has 19 heteroatoms. The number of aromatic nitrogens is 4. The highest BCUT2D eigenvalue weighted by atomic mass is 16.5. The third-order valence-corrected chi connectivity index (χ3v) is 10.7. The summed E-state index contributed by atoms with van der Waals surface area (Å²) in [5.74, 6) is -1.39. The zero-order chi connectivity index (χ0) is 42.6. The number of esters is 1. The van der Waals surface area contributed by atoms with Crippen LogP contribution in [0.2, 0.25) is 0 Å². The van der Waals surface area contributed by atoms with E-state index in [1.807, 2.05) is 60.7 Å². The Hall–Kier alpha value is -6.34. The number of aliphatic hydroxyl groups is 2. The molecule has 2 aromatic carbocycles. The van der Waals surface area contributed by atoms with Gasteiger partial charge in [0.2, 0.25) is 11.7 Å². The molecule has 0 bridgehead atoms. The first-order valence-electron chi connectivity index (χ1n) is 20.3. The van der Waals surface area contributed by atoms with Crippen LogP contribution in [0, 0.1) is 0 Å². The zero-order valence-electron chi connectivity index (χ0n) is 33.7. The number of imidazole rings is 1. The molecule has 3 heterocycles. The van der Waals surface area contributed by atoms with Crippen molar-refractivity contribution < 1.29 is 38.9 Å². The summed E-state index contributed by atoms with van der Waals surface area (Å²) in [6, 6.07) is 17.5. The van der Waals surface area contributed by atoms with Crippen molar-refractivity contribution in [1.29, 1.82) is 0 Å². The Morgan fingerprint density at radius 2 is 1.52 bits per heavy atom. The van der Waals surface area contributed by atoms with Gasteiger partial charge in [-0.1, -0.05) is 67.6 Å². The molecule has 0 radical (unpaired) electrons. The molecule has 2 aromatic heterocycles. The molecule has 4 aromatic rings. The van der Waals surface area contributed by atoms with Crippen LogP contribution < -0.4 is 31.9 Å². The average molecular weight is 828 g/mol. The van der Waals surface area contributed by atoms with Crippen molar-refractivity contribution in [2.45, 2.75) is 75.8 Å². The van der Waals surface area contributed by atoms with Crippen molar-refractivity contribution in [3.63, 3.8) is 0 Å². The first-order valence-corrected chi connectivity index (χ1v) is 20.3. The molecule has 8 N–H and O–H groups in total. The maximum atomic E-state index is 13.6. The molecule has 0 unspecified atom stereocenters. The van der Waals surface area contributed by atoms with E-state index >= 15 is 0 Å². The van der Waals surface area contributed by atoms with Crippen molar-refractivity contribution in [2.24, 2.45) is 0 Å². The fourth-order valence-electron chi connectivity index (χ4n) is 7.48. The van der Waals surface area contributed by atoms with Gasteiger partial charge >= 0.3 is 18.0 Å². The van der Waals surface area contributed by atoms with E-state index in [2.05, 4.69) is 46.9 Å². The number of urea groups is 2. The molecule has 320 valence electrons. The van der Waals surface area contributed by atoms with E-state index in [0.29, 0.717) is 38.0 Å². The van der Waals surface area contributed by atoms with Crippen molar-refractivity contribution in [3.05, 3.63) is 83.9 Å². The second-order valence-electron chi connectivity index (χ2n) is 14.7. The molecule has 0 spiro atoms. The molecule has 6 rings (SSSR count). The SMILES string of the molecule is CCOC(=O)CNC(=O)N1CCC(NC(=O)NCCNC(=O)c2nc(NCC(c3ccccc3)c3ccccc3)c3ncn([C@@H]4C[C@H](NC(=O)CC)[C@@H](O)[C@H]4O)c3n2)CC1. The van der Waals surface area contributed by atoms with Gasteiger partial charge in [-0.15, -0.1) is 0 Å². The minimum Gasteiger partial charge on any atom is -0.465 e. The number of nitrogens with one attached hydrogen (secondary N) is 6. The summed E-state index contributed by atoms with van der Waals surface area (Å²) in [5, 5.41) is 39.1. The summed E-state index contributed by atoms with van der Waals surface area (Å²) < 4.78 is 6.43. The quantitative estimate of drug-likeness (QED) is 0.0590. The molecule has 2 aliphatic rings. The summed E-state index contributed by atoms with van der Waals surface area (Å²) in [6.07, 6.45) is 0.427. The smallest absolute Gasteiger partial charge is 0.325 e. The summed E-state index contributed by atoms with van der Waals surface area (Å²) in [7, 11) is 0. The molecular weight excluding hydrogens is 775 g/mol. The Kier molecular flexibility index (Phi) is 14.8. The summed E-state index contributed by atoms with van der Waals surface area (Å²) in [5.41, 5.74) is 2.71. The molecule has 6 amide bonds. The van der Waals surface area contributed by atoms with Gasteiger partial charge in [0.15, 0.2) is 11.5 Å². The minimum atomic E-state index is -1.26. The number of carbonyl (C=O) groups excluding carboxylic acids is 5. The van der Waals surface area contributed by atoms with Gasteiger partial charge in [0.05, 0.1) is 25.0 Å². The molecule has 4 atom stereocenters. The average Bonchev–Trinajstić information content (AvgIpc) is 3.81. The van der Waals surface area contributed by atoms with Gasteiger partial charge in [-0.2, -0.15) is 0 Å². The van der Waals surface area contributed by atoms with Gasteiger partial charge in [-0.05, 0) is 37.3 Å². The van der Waals surface area contributed by atoms with Crippen molar-refractivity contribution in [3.8, 4) is 0 Å². The topological polar surface area (TPSA) is 254 Å². The lowest BCUT2D eigenvalue weighted by Gasteiger charge is -2.32. The van der Waals surface area contributed by atoms with E-state index in [4.69, 9.17) is 4.74 Å². The van der Waals surface area contributed by atoms with Gasteiger partial charge in [0.25, 0.3) is 5.91 Å². The van der Waals surface area contributed by atoms with Gasteiger partial charge in [-0.3, -0.25) is 14.4 Å². The van der Waals surface area contributed by atoms with E-state index in [-0.39, 0.29) is 80.3 Å². The van der Waals surface area contributed by atoms with Crippen LogP contribution in [0.3, 0.4) is 0 Å². The highest BCUT2D eigenvalue weighted by Gasteiger charge is 2.44. The first kappa shape index (κ1) is 43.2. The number of likely N-dealkylation sites (tertiary alicyclic amines) is 1. The van der Waals surface area contributed by atoms with E-state index in [9.17, 15) is 34.2 Å². The monoisotopic (exact) mass is 827 g/mol. The van der Waals surface area contributed by atoms with E-state index in [1.54, 1.807) is 23.3 Å². The van der Waals surface area contributed by atoms with Crippen molar-refractivity contribution in [2.75, 3.05) is 51.2 Å². The van der Waals surface area contributed by atoms with Gasteiger partial charge in [0.1, 0.15) is 24.3 Å². The van der Waals surface area contributed by atoms with Crippen LogP contribution in [0.5, 0.6) is 0 Å². The highest BCUT2D eigenvalue weighted by Crippen LogP contribution is 2.34. The van der Waals surface area contributed by atoms with Crippen LogP contribution in [0.15, 0.2) is 67.0 Å². The van der Waals surface area contributed by atoms with Crippen LogP contribution in [0.4, 0.5) is 15.4 Å². The number of hydrogen-bond donors (Lipinski definition) is 8. The zero-order valence-corrected chi connectivity index (χ0v) is 33.7. The standard InChI is InChI=1S/C41H53N11O8/c1-3-31(53)48-29-21-30(35(56)34(29)55)52-24-46-33-36(44-22-28(25-11-7-5-8-12-25)26-13-9-6-10-14-26)49-37(50-38(33)52)39(57)42-17-18-43-40(58)47-27-15-19-51(20-16-27)41(59)45-23-32(54)60-4-2/h5-14,24,27-30,34-35,55-56H,3-4,15-23H2,1-2H3,(H,42,57)(H,45,59)(H,48,53)(H2,43,47,58)(H,44,49,50)/t29-,30+,34+,35-/m0/s1. The van der Waals surface area contributed by atoms with Crippen molar-refractivity contribution >= 4 is 46.8 Å². The Morgan fingerprint density at radius 3 is 2.17 bits per heavy atom. The van der Waals surface area contributed by atoms with Crippen LogP contribution in [-0.2, 0) is 14.3 Å². The Morgan fingerprint density at radius 1 is 0.850 bits per heavy atom. The number of ether oxygens (including phenoxy) is 1. The predicted octanol–water partition coefficient (Wildman–Crippen LogP) is 1.40. The number of amides is 6. The van der Waals surface area contributed by atoms with E-state index < -0.39 is 42.2 Å². The van der Waals surface area contributed by atoms with Gasteiger partial charge in [0, 0.05) is 51.1 Å². The third-order valence-electron chi connectivity index (χ3n) is 10.7. The van der Waals surface area contributed by atoms with Crippen LogP contribution in [0.1, 0.15) is 73.2 Å². The number of anilines is 1. The maximum Gasteiger partial charge on any atom is 0.325 e. The number of aliphatic hydroxyl groups excluding tert-OH is 2. The molecule has 1 aliphatic heterocycles. The fourth-order valence-corrected chi connectivity index (χ4v) is 7.48. The number of nitrogens with zero attached hydrogens (tertiary/aromatic N) is 5. The summed E-state index contributed by atoms with van der Waals surface area (Å²) in [6.45, 7) is 4.70. The maximum absolute atomic E-state index is 13.6. The third kappa shape index (κ3) is 10.8. The van der Waals surface area contributed by atoms with Crippen LogP contribution in [0.25, 0.3) is 11.2 Å². The summed E-state index contributed by atoms with van der Waals surface area (Å²) >= 11 is 0. The number of fused-ring (bicyclic) bond motifs is 1. The lowest BCUT2D eigenvalue weighted by Crippen LogP contribution is -2.52. The number of benzene rings is 2. The molecule has 1 aliphatic carbocycles. The number of carbonyl (C=O) groups is 5. The summed E-state index contributed by atoms with van der Waals surface area (Å²) in [4.78, 5) is 77.8. The second kappa shape index (κ2) is 20.6. The Labute approximate surface area is 347 Å². The largest absolute Gasteiger partial charge is 0.465 e. The second-order valence-corrected chi connectivity index (χ2v) is 14.7. The molecule has 1 saturated carbocycles. The lowest BCUT2D eigenvalue weighted by atomic mass is 9.91. The fraction of sp³-hybridized carbons (Fsp3) is 0.463. The Bertz CT molecular complexity index is 2060. The normalized spacial score (nSPS) is 19.1. The molecule has 1 saturated heterocycles. The lowest BCUT2D eigenvalue weighted by molar-refractivity contribution is -0.141. The van der Waals surface area contributed by atoms with E-state index in [0.717, 1.165) is 11.1 Å². The minimum absolute atomic E-state index is 0.0468. The number of piperidine rings is 1. The number of rotatable bonds is 16. The van der Waals surface area contributed by atoms with Gasteiger partial charge < -0.3 is 56.3 Å². The van der Waals surface area contributed by atoms with Crippen LogP contribution in [-0.4, -0.2) is 135 Å². The predicted molar refractivity (Wildman–Crippen MR) is 220 cm³/mol. The molecular formula is C41H53N11O8. The highest BCUT2D eigenvalue weighted by molar-refractivity contribution is 5.94. The van der Waals surface area contributed by atoms with Crippen molar-refractivity contribution in [1.82, 2.24) is 51.0 Å². The number of hydrogen-bond acceptors (Lipinski definition) is 12. The van der Waals surface area contributed by atoms with Crippen LogP contribution >= 0.6 is 0 Å².